The third-order valence-corrected chi connectivity index (χ3v) is 6.10. The van der Waals surface area contributed by atoms with Gasteiger partial charge < -0.3 is 9.88 Å². The van der Waals surface area contributed by atoms with E-state index in [-0.39, 0.29) is 42.9 Å². The van der Waals surface area contributed by atoms with E-state index in [2.05, 4.69) is 21.5 Å². The molecule has 3 heterocycles. The normalized spacial score (nSPS) is 17.2. The molecule has 1 aliphatic rings. The number of piperidine rings is 1. The summed E-state index contributed by atoms with van der Waals surface area (Å²) in [5, 5.41) is 1.76. The highest BCUT2D eigenvalue weighted by Gasteiger charge is 2.42. The molecule has 6 nitrogen and oxygen atoms in total. The van der Waals surface area contributed by atoms with Gasteiger partial charge in [0.1, 0.15) is 10.4 Å². The van der Waals surface area contributed by atoms with Crippen molar-refractivity contribution in [3.8, 4) is 0 Å². The Morgan fingerprint density at radius 2 is 2.07 bits per heavy atom. The highest BCUT2D eigenvalue weighted by atomic mass is 32.1. The number of aromatic amines is 1. The minimum absolute atomic E-state index is 0.0160. The number of carbonyl (C=O) groups is 1. The lowest BCUT2D eigenvalue weighted by Gasteiger charge is -2.33. The number of likely N-dealkylation sites (tertiary alicyclic amines) is 1. The molecule has 2 aromatic rings. The second-order valence-corrected chi connectivity index (χ2v) is 7.89. The molecule has 1 amide bonds. The zero-order valence-corrected chi connectivity index (χ0v) is 17.4. The van der Waals surface area contributed by atoms with Gasteiger partial charge in [-0.05, 0) is 36.8 Å². The third-order valence-electron chi connectivity index (χ3n) is 5.20. The van der Waals surface area contributed by atoms with Gasteiger partial charge >= 0.3 is 6.18 Å². The molecule has 30 heavy (non-hydrogen) atoms. The molecule has 0 aromatic carbocycles. The first-order valence-corrected chi connectivity index (χ1v) is 10.2. The average Bonchev–Trinajstić information content (AvgIpc) is 3.18. The van der Waals surface area contributed by atoms with Crippen molar-refractivity contribution >= 4 is 33.2 Å². The molecule has 2 aromatic heterocycles. The Morgan fingerprint density at radius 1 is 1.40 bits per heavy atom. The number of H-pyrrole nitrogens is 1. The van der Waals surface area contributed by atoms with E-state index in [0.717, 1.165) is 0 Å². The zero-order valence-electron chi connectivity index (χ0n) is 16.5. The Bertz CT molecular complexity index is 1090. The van der Waals surface area contributed by atoms with E-state index in [1.54, 1.807) is 18.4 Å². The van der Waals surface area contributed by atoms with Crippen LogP contribution in [0.2, 0.25) is 0 Å². The summed E-state index contributed by atoms with van der Waals surface area (Å²) in [6.45, 7) is 5.37. The molecule has 1 fully saturated rings. The number of halogens is 3. The van der Waals surface area contributed by atoms with Crippen LogP contribution in [-0.4, -0.2) is 52.8 Å². The number of thiophene rings is 1. The van der Waals surface area contributed by atoms with Crippen molar-refractivity contribution in [2.45, 2.75) is 25.9 Å². The molecule has 0 atom stereocenters. The molecule has 0 radical (unpaired) electrons. The molecule has 1 aliphatic heterocycles. The van der Waals surface area contributed by atoms with Crippen LogP contribution in [0.5, 0.6) is 0 Å². The van der Waals surface area contributed by atoms with Gasteiger partial charge in [0, 0.05) is 25.7 Å². The monoisotopic (exact) mass is 438 g/mol. The van der Waals surface area contributed by atoms with Crippen LogP contribution in [-0.2, 0) is 4.79 Å². The summed E-state index contributed by atoms with van der Waals surface area (Å²) in [5.74, 6) is -1.59. The summed E-state index contributed by atoms with van der Waals surface area (Å²) >= 11 is 1.27. The van der Waals surface area contributed by atoms with Gasteiger partial charge in [0.15, 0.2) is 5.82 Å². The molecule has 10 heteroatoms. The number of alkyl halides is 3. The number of nitrogens with zero attached hydrogens (tertiary/aromatic N) is 3. The van der Waals surface area contributed by atoms with Gasteiger partial charge in [-0.15, -0.1) is 11.3 Å². The molecule has 160 valence electrons. The summed E-state index contributed by atoms with van der Waals surface area (Å²) in [7, 11) is 1.51. The van der Waals surface area contributed by atoms with Gasteiger partial charge in [0.25, 0.3) is 11.5 Å². The Balaban J connectivity index is 1.90. The summed E-state index contributed by atoms with van der Waals surface area (Å²) < 4.78 is 39.2. The Kier molecular flexibility index (Phi) is 6.25. The third kappa shape index (κ3) is 4.23. The van der Waals surface area contributed by atoms with Gasteiger partial charge in [0.05, 0.1) is 11.4 Å². The Labute approximate surface area is 174 Å². The predicted molar refractivity (Wildman–Crippen MR) is 111 cm³/mol. The molecular formula is C20H21F3N4O2S. The summed E-state index contributed by atoms with van der Waals surface area (Å²) in [5.41, 5.74) is 1.18. The van der Waals surface area contributed by atoms with Crippen molar-refractivity contribution < 1.29 is 18.0 Å². The van der Waals surface area contributed by atoms with Crippen LogP contribution in [0.1, 0.15) is 25.6 Å². The quantitative estimate of drug-likeness (QED) is 0.449. The minimum Gasteiger partial charge on any atom is -0.339 e. The SMILES string of the molecule is C=C/C(C(=O)N1CCC(C(F)(F)F)CC1)=C(C)\C(=N/C)c1nc2ccsc2c(=O)[nH]1. The Hall–Kier alpha value is -2.75. The summed E-state index contributed by atoms with van der Waals surface area (Å²) in [6, 6.07) is 1.72. The second kappa shape index (κ2) is 8.55. The van der Waals surface area contributed by atoms with Crippen LogP contribution in [0.15, 0.2) is 45.0 Å². The van der Waals surface area contributed by atoms with Crippen molar-refractivity contribution in [1.82, 2.24) is 14.9 Å². The molecule has 0 bridgehead atoms. The number of amides is 1. The van der Waals surface area contributed by atoms with Gasteiger partial charge in [-0.3, -0.25) is 14.6 Å². The molecule has 0 spiro atoms. The lowest BCUT2D eigenvalue weighted by Crippen LogP contribution is -2.42. The minimum atomic E-state index is -4.25. The molecule has 0 aliphatic carbocycles. The first kappa shape index (κ1) is 21.9. The number of carbonyl (C=O) groups excluding carboxylic acids is 1. The number of aliphatic imine (C=N–C) groups is 1. The van der Waals surface area contributed by atoms with Crippen LogP contribution >= 0.6 is 11.3 Å². The number of fused-ring (bicyclic) bond motifs is 1. The molecule has 1 N–H and O–H groups in total. The van der Waals surface area contributed by atoms with E-state index in [9.17, 15) is 22.8 Å². The maximum atomic E-state index is 13.0. The molecule has 0 saturated carbocycles. The maximum absolute atomic E-state index is 13.0. The lowest BCUT2D eigenvalue weighted by atomic mass is 9.95. The van der Waals surface area contributed by atoms with Crippen molar-refractivity contribution in [3.05, 3.63) is 51.4 Å². The summed E-state index contributed by atoms with van der Waals surface area (Å²) in [6.07, 6.45) is -3.14. The predicted octanol–water partition coefficient (Wildman–Crippen LogP) is 3.71. The van der Waals surface area contributed by atoms with E-state index in [1.807, 2.05) is 0 Å². The number of rotatable bonds is 4. The van der Waals surface area contributed by atoms with Crippen molar-refractivity contribution in [2.75, 3.05) is 20.1 Å². The first-order valence-electron chi connectivity index (χ1n) is 9.31. The van der Waals surface area contributed by atoms with Gasteiger partial charge in [-0.1, -0.05) is 12.7 Å². The van der Waals surface area contributed by atoms with Crippen LogP contribution in [0.4, 0.5) is 13.2 Å². The summed E-state index contributed by atoms with van der Waals surface area (Å²) in [4.78, 5) is 38.0. The average molecular weight is 438 g/mol. The number of nitrogens with one attached hydrogen (secondary N) is 1. The van der Waals surface area contributed by atoms with Crippen LogP contribution in [0.25, 0.3) is 10.2 Å². The van der Waals surface area contributed by atoms with E-state index in [0.29, 0.717) is 21.5 Å². The molecular weight excluding hydrogens is 417 g/mol. The Morgan fingerprint density at radius 3 is 2.63 bits per heavy atom. The number of hydrogen-bond acceptors (Lipinski definition) is 5. The van der Waals surface area contributed by atoms with Gasteiger partial charge in [-0.25, -0.2) is 4.98 Å². The second-order valence-electron chi connectivity index (χ2n) is 6.97. The van der Waals surface area contributed by atoms with Crippen molar-refractivity contribution in [2.24, 2.45) is 10.9 Å². The highest BCUT2D eigenvalue weighted by molar-refractivity contribution is 7.17. The smallest absolute Gasteiger partial charge is 0.339 e. The van der Waals surface area contributed by atoms with Crippen LogP contribution < -0.4 is 5.56 Å². The number of aromatic nitrogens is 2. The standard InChI is InChI=1S/C20H21F3N4O2S/c1-4-13(19(29)27-8-5-12(6-9-27)20(21,22)23)11(2)15(24-3)17-25-14-7-10-30-16(14)18(28)26-17/h4,7,10,12H,1,5-6,8-9H2,2-3H3,(H,25,26,28)/b13-11+,24-15+. The topological polar surface area (TPSA) is 78.4 Å². The largest absolute Gasteiger partial charge is 0.391 e. The van der Waals surface area contributed by atoms with Crippen molar-refractivity contribution in [3.63, 3.8) is 0 Å². The molecule has 3 rings (SSSR count). The van der Waals surface area contributed by atoms with E-state index in [4.69, 9.17) is 0 Å². The van der Waals surface area contributed by atoms with E-state index in [1.165, 1.54) is 29.4 Å². The van der Waals surface area contributed by atoms with Crippen LogP contribution in [0.3, 0.4) is 0 Å². The molecule has 1 saturated heterocycles. The number of allylic oxidation sites excluding steroid dienone is 1. The highest BCUT2D eigenvalue weighted by Crippen LogP contribution is 2.34. The van der Waals surface area contributed by atoms with E-state index < -0.39 is 18.0 Å². The fourth-order valence-electron chi connectivity index (χ4n) is 3.55. The lowest BCUT2D eigenvalue weighted by molar-refractivity contribution is -0.186. The maximum Gasteiger partial charge on any atom is 0.391 e. The molecule has 0 unspecified atom stereocenters. The van der Waals surface area contributed by atoms with Gasteiger partial charge in [-0.2, -0.15) is 13.2 Å². The first-order chi connectivity index (χ1) is 14.2. The fraction of sp³-hybridized carbons (Fsp3) is 0.400. The van der Waals surface area contributed by atoms with Crippen molar-refractivity contribution in [1.29, 1.82) is 0 Å². The van der Waals surface area contributed by atoms with Crippen LogP contribution in [0, 0.1) is 5.92 Å². The van der Waals surface area contributed by atoms with Gasteiger partial charge in [0.2, 0.25) is 0 Å². The number of hydrogen-bond donors (Lipinski definition) is 1. The van der Waals surface area contributed by atoms with E-state index >= 15 is 0 Å². The fourth-order valence-corrected chi connectivity index (χ4v) is 4.27. The zero-order chi connectivity index (χ0) is 22.1.